The third kappa shape index (κ3) is 22.6. The van der Waals surface area contributed by atoms with Crippen LogP contribution in [0.3, 0.4) is 0 Å². The maximum atomic E-state index is 12.2. The maximum Gasteiger partial charge on any atom is 0.310 e. The monoisotopic (exact) mass is 923 g/mol. The molecule has 0 saturated heterocycles. The first kappa shape index (κ1) is 55.9. The Morgan fingerprint density at radius 3 is 0.985 bits per heavy atom. The molecular weight excluding hydrogens is 833 g/mol. The van der Waals surface area contributed by atoms with Crippen molar-refractivity contribution in [1.82, 2.24) is 0 Å². The van der Waals surface area contributed by atoms with Crippen LogP contribution in [0.25, 0.3) is 43.1 Å². The molecule has 0 radical (unpaired) electrons. The van der Waals surface area contributed by atoms with E-state index in [1.807, 2.05) is 24.3 Å². The molecule has 0 aromatic heterocycles. The predicted molar refractivity (Wildman–Crippen MR) is 295 cm³/mol. The lowest BCUT2D eigenvalue weighted by Gasteiger charge is -2.16. The molecule has 4 heteroatoms. The van der Waals surface area contributed by atoms with E-state index < -0.39 is 17.9 Å². The highest BCUT2D eigenvalue weighted by atomic mass is 16.4. The molecule has 0 aliphatic heterocycles. The van der Waals surface area contributed by atoms with Crippen molar-refractivity contribution >= 4 is 55.0 Å². The Morgan fingerprint density at radius 1 is 0.353 bits per heavy atom. The van der Waals surface area contributed by atoms with E-state index in [9.17, 15) is 14.7 Å². The molecule has 2 N–H and O–H groups in total. The maximum absolute atomic E-state index is 12.2. The molecule has 6 aromatic carbocycles. The minimum absolute atomic E-state index is 0.345. The van der Waals surface area contributed by atoms with Crippen LogP contribution in [0, 0.1) is 0 Å². The molecule has 0 saturated carbocycles. The van der Waals surface area contributed by atoms with Gasteiger partial charge >= 0.3 is 11.9 Å². The molecule has 68 heavy (non-hydrogen) atoms. The van der Waals surface area contributed by atoms with E-state index in [1.165, 1.54) is 193 Å². The highest BCUT2D eigenvalue weighted by molar-refractivity contribution is 6.01. The predicted octanol–water partition coefficient (Wildman–Crippen LogP) is 20.4. The standard InChI is InChI=1S/C32H44O2.C18H36O2.C14H10/c1-2-3-4-5-6-7-8-9-10-11-12-13-14-15-22-30(32(33)34)29-23-18-21-28-24-26-19-16-17-20-27(26)25-31(28)29;1-2-3-4-5-6-7-8-9-10-11-12-13-14-15-16-17-18(19)20;1-2-6-12-10-14-8-4-3-7-13(14)9-11(12)5-1/h16-21,23-25,30H,2-15,22H2,1H3,(H,33,34);2-17H2,1H3,(H,19,20);1-10H. The van der Waals surface area contributed by atoms with E-state index in [0.29, 0.717) is 6.42 Å². The number of hydrogen-bond donors (Lipinski definition) is 2. The molecular formula is C64H90O4. The van der Waals surface area contributed by atoms with Crippen LogP contribution in [-0.2, 0) is 9.59 Å². The van der Waals surface area contributed by atoms with Crippen molar-refractivity contribution in [2.24, 2.45) is 0 Å². The fraction of sp³-hybridized carbons (Fsp3) is 0.531. The van der Waals surface area contributed by atoms with Gasteiger partial charge in [0.15, 0.2) is 0 Å². The summed E-state index contributed by atoms with van der Waals surface area (Å²) in [6.07, 6.45) is 39.4. The van der Waals surface area contributed by atoms with Crippen LogP contribution in [0.15, 0.2) is 115 Å². The third-order valence-electron chi connectivity index (χ3n) is 13.9. The molecule has 370 valence electrons. The Morgan fingerprint density at radius 2 is 0.647 bits per heavy atom. The number of benzene rings is 6. The fourth-order valence-corrected chi connectivity index (χ4v) is 9.78. The van der Waals surface area contributed by atoms with Crippen LogP contribution in [0.1, 0.15) is 224 Å². The Kier molecular flexibility index (Phi) is 29.1. The number of aliphatic carboxylic acids is 2. The minimum Gasteiger partial charge on any atom is -0.481 e. The summed E-state index contributed by atoms with van der Waals surface area (Å²) in [6.45, 7) is 4.54. The van der Waals surface area contributed by atoms with Gasteiger partial charge in [-0.25, -0.2) is 0 Å². The van der Waals surface area contributed by atoms with Crippen LogP contribution < -0.4 is 0 Å². The first-order valence-electron chi connectivity index (χ1n) is 27.6. The van der Waals surface area contributed by atoms with Crippen LogP contribution in [-0.4, -0.2) is 22.2 Å². The molecule has 1 unspecified atom stereocenters. The largest absolute Gasteiger partial charge is 0.481 e. The van der Waals surface area contributed by atoms with Crippen molar-refractivity contribution in [2.75, 3.05) is 0 Å². The zero-order valence-electron chi connectivity index (χ0n) is 42.7. The summed E-state index contributed by atoms with van der Waals surface area (Å²) in [5.41, 5.74) is 0.963. The fourth-order valence-electron chi connectivity index (χ4n) is 9.78. The molecule has 4 nitrogen and oxygen atoms in total. The molecule has 0 amide bonds. The number of carbonyl (C=O) groups is 2. The SMILES string of the molecule is CCCCCCCCCCCCCCCCC(C(=O)O)c1cccc2cc3ccccc3cc12.CCCCCCCCCCCCCCCCCC(=O)O.c1ccc2cc3ccccc3cc2c1. The van der Waals surface area contributed by atoms with E-state index in [0.717, 1.165) is 48.4 Å². The van der Waals surface area contributed by atoms with Crippen LogP contribution in [0.4, 0.5) is 0 Å². The van der Waals surface area contributed by atoms with Crippen molar-refractivity contribution < 1.29 is 19.8 Å². The average molecular weight is 923 g/mol. The number of rotatable bonds is 33. The van der Waals surface area contributed by atoms with Gasteiger partial charge in [0.1, 0.15) is 0 Å². The highest BCUT2D eigenvalue weighted by Crippen LogP contribution is 2.33. The average Bonchev–Trinajstić information content (AvgIpc) is 3.35. The van der Waals surface area contributed by atoms with Crippen LogP contribution in [0.2, 0.25) is 0 Å². The molecule has 0 spiro atoms. The smallest absolute Gasteiger partial charge is 0.310 e. The molecule has 1 atom stereocenters. The second-order valence-electron chi connectivity index (χ2n) is 19.7. The van der Waals surface area contributed by atoms with Gasteiger partial charge in [0.05, 0.1) is 5.92 Å². The quantitative estimate of drug-likeness (QED) is 0.0319. The van der Waals surface area contributed by atoms with Crippen LogP contribution >= 0.6 is 0 Å². The molecule has 6 aromatic rings. The number of carboxylic acids is 2. The summed E-state index contributed by atoms with van der Waals surface area (Å²) in [5.74, 6) is -1.78. The van der Waals surface area contributed by atoms with Gasteiger partial charge < -0.3 is 10.2 Å². The van der Waals surface area contributed by atoms with E-state index in [4.69, 9.17) is 5.11 Å². The molecule has 0 heterocycles. The van der Waals surface area contributed by atoms with Gasteiger partial charge in [-0.15, -0.1) is 0 Å². The summed E-state index contributed by atoms with van der Waals surface area (Å²) in [6, 6.07) is 40.2. The minimum atomic E-state index is -0.699. The highest BCUT2D eigenvalue weighted by Gasteiger charge is 2.21. The second kappa shape index (κ2) is 35.4. The Balaban J connectivity index is 0.000000249. The zero-order chi connectivity index (χ0) is 48.3. The van der Waals surface area contributed by atoms with Crippen molar-refractivity contribution in [3.05, 3.63) is 121 Å². The van der Waals surface area contributed by atoms with E-state index in [2.05, 4.69) is 105 Å². The van der Waals surface area contributed by atoms with Gasteiger partial charge in [0.25, 0.3) is 0 Å². The van der Waals surface area contributed by atoms with Crippen molar-refractivity contribution in [3.8, 4) is 0 Å². The Hall–Kier alpha value is -4.70. The third-order valence-corrected chi connectivity index (χ3v) is 13.9. The zero-order valence-corrected chi connectivity index (χ0v) is 42.7. The lowest BCUT2D eigenvalue weighted by atomic mass is 9.88. The number of unbranched alkanes of at least 4 members (excludes halogenated alkanes) is 27. The molecule has 6 rings (SSSR count). The normalized spacial score (nSPS) is 11.6. The summed E-state index contributed by atoms with van der Waals surface area (Å²) in [7, 11) is 0. The Labute approximate surface area is 412 Å². The first-order chi connectivity index (χ1) is 33.4. The van der Waals surface area contributed by atoms with Crippen molar-refractivity contribution in [3.63, 3.8) is 0 Å². The summed E-state index contributed by atoms with van der Waals surface area (Å²) >= 11 is 0. The summed E-state index contributed by atoms with van der Waals surface area (Å²) in [5, 5.41) is 28.3. The van der Waals surface area contributed by atoms with Gasteiger partial charge in [-0.1, -0.05) is 285 Å². The van der Waals surface area contributed by atoms with Gasteiger partial charge in [0, 0.05) is 6.42 Å². The molecule has 0 fully saturated rings. The topological polar surface area (TPSA) is 74.6 Å². The van der Waals surface area contributed by atoms with Gasteiger partial charge in [-0.2, -0.15) is 0 Å². The molecule has 0 bridgehead atoms. The number of carboxylic acid groups (broad SMARTS) is 2. The lowest BCUT2D eigenvalue weighted by molar-refractivity contribution is -0.139. The van der Waals surface area contributed by atoms with Crippen molar-refractivity contribution in [1.29, 1.82) is 0 Å². The van der Waals surface area contributed by atoms with E-state index >= 15 is 0 Å². The molecule has 0 aliphatic rings. The first-order valence-corrected chi connectivity index (χ1v) is 27.6. The van der Waals surface area contributed by atoms with Gasteiger partial charge in [-0.3, -0.25) is 9.59 Å². The molecule has 0 aliphatic carbocycles. The number of hydrogen-bond acceptors (Lipinski definition) is 2. The van der Waals surface area contributed by atoms with Gasteiger partial charge in [-0.05, 0) is 85.8 Å². The van der Waals surface area contributed by atoms with Crippen LogP contribution in [0.5, 0.6) is 0 Å². The second-order valence-corrected chi connectivity index (χ2v) is 19.7. The van der Waals surface area contributed by atoms with Crippen molar-refractivity contribution in [2.45, 2.75) is 219 Å². The number of fused-ring (bicyclic) bond motifs is 4. The van der Waals surface area contributed by atoms with Gasteiger partial charge in [0.2, 0.25) is 0 Å². The summed E-state index contributed by atoms with van der Waals surface area (Å²) < 4.78 is 0. The van der Waals surface area contributed by atoms with E-state index in [-0.39, 0.29) is 0 Å². The lowest BCUT2D eigenvalue weighted by Crippen LogP contribution is -2.12. The summed E-state index contributed by atoms with van der Waals surface area (Å²) in [4.78, 5) is 22.5. The Bertz CT molecular complexity index is 2150. The van der Waals surface area contributed by atoms with E-state index in [1.54, 1.807) is 0 Å².